The number of aromatic nitrogens is 1. The van der Waals surface area contributed by atoms with Gasteiger partial charge < -0.3 is 5.11 Å². The third-order valence-electron chi connectivity index (χ3n) is 6.55. The lowest BCUT2D eigenvalue weighted by Gasteiger charge is -2.19. The van der Waals surface area contributed by atoms with Crippen LogP contribution in [0.4, 0.5) is 5.69 Å². The fourth-order valence-corrected chi connectivity index (χ4v) is 5.52. The molecule has 2 aliphatic heterocycles. The van der Waals surface area contributed by atoms with Crippen molar-refractivity contribution in [2.24, 2.45) is 16.8 Å². The van der Waals surface area contributed by atoms with Crippen molar-refractivity contribution in [2.75, 3.05) is 4.90 Å². The average molecular weight is 504 g/mol. The Labute approximate surface area is 209 Å². The molecule has 0 bridgehead atoms. The first-order valence-electron chi connectivity index (χ1n) is 10.8. The van der Waals surface area contributed by atoms with Crippen LogP contribution in [-0.2, 0) is 9.59 Å². The number of benzene rings is 2. The van der Waals surface area contributed by atoms with E-state index < -0.39 is 35.5 Å². The van der Waals surface area contributed by atoms with Gasteiger partial charge in [0.05, 0.1) is 39.5 Å². The molecule has 1 aromatic heterocycles. The van der Waals surface area contributed by atoms with Crippen molar-refractivity contribution in [1.82, 2.24) is 4.98 Å². The van der Waals surface area contributed by atoms with E-state index in [9.17, 15) is 19.5 Å². The number of ketones is 1. The fourth-order valence-electron chi connectivity index (χ4n) is 5.03. The number of Topliss-reactive ketones (excluding diaryl/α,β-unsaturated/α-hetero) is 1. The molecule has 3 aliphatic rings. The maximum Gasteiger partial charge on any atom is 0.243 e. The van der Waals surface area contributed by atoms with Gasteiger partial charge in [-0.1, -0.05) is 53.5 Å². The summed E-state index contributed by atoms with van der Waals surface area (Å²) >= 11 is 12.4. The number of amides is 2. The monoisotopic (exact) mass is 503 g/mol. The van der Waals surface area contributed by atoms with Gasteiger partial charge in [-0.3, -0.25) is 24.4 Å². The van der Waals surface area contributed by atoms with Crippen molar-refractivity contribution in [3.8, 4) is 0 Å². The van der Waals surface area contributed by atoms with Gasteiger partial charge in [-0.15, -0.1) is 0 Å². The molecule has 35 heavy (non-hydrogen) atoms. The molecule has 2 amide bonds. The zero-order valence-corrected chi connectivity index (χ0v) is 19.4. The Bertz CT molecular complexity index is 1520. The van der Waals surface area contributed by atoms with E-state index in [1.54, 1.807) is 48.7 Å². The van der Waals surface area contributed by atoms with Gasteiger partial charge in [-0.25, -0.2) is 4.90 Å². The highest BCUT2D eigenvalue weighted by molar-refractivity contribution is 6.44. The first-order chi connectivity index (χ1) is 16.9. The predicted molar refractivity (Wildman–Crippen MR) is 131 cm³/mol. The number of pyridine rings is 1. The molecule has 1 N–H and O–H groups in total. The second-order valence-electron chi connectivity index (χ2n) is 8.42. The molecule has 7 nitrogen and oxygen atoms in total. The van der Waals surface area contributed by atoms with E-state index in [1.165, 1.54) is 18.2 Å². The van der Waals surface area contributed by atoms with Gasteiger partial charge in [-0.05, 0) is 30.3 Å². The summed E-state index contributed by atoms with van der Waals surface area (Å²) in [7, 11) is 0. The Morgan fingerprint density at radius 3 is 2.31 bits per heavy atom. The first-order valence-corrected chi connectivity index (χ1v) is 11.5. The topological polar surface area (TPSA) is 99.9 Å². The minimum Gasteiger partial charge on any atom is -0.506 e. The minimum absolute atomic E-state index is 0.0650. The number of halogens is 2. The van der Waals surface area contributed by atoms with E-state index in [-0.39, 0.29) is 27.8 Å². The highest BCUT2D eigenvalue weighted by Crippen LogP contribution is 2.49. The van der Waals surface area contributed by atoms with Crippen LogP contribution in [0.15, 0.2) is 77.4 Å². The summed E-state index contributed by atoms with van der Waals surface area (Å²) < 4.78 is 0. The number of hydrogen-bond donors (Lipinski definition) is 1. The number of nitrogens with zero attached hydrogens (tertiary/aromatic N) is 3. The number of anilines is 1. The van der Waals surface area contributed by atoms with Crippen LogP contribution in [-0.4, -0.2) is 33.4 Å². The number of allylic oxidation sites excluding steroid dienone is 1. The second kappa shape index (κ2) is 7.86. The fraction of sp³-hybridized carbons (Fsp3) is 0.115. The zero-order valence-electron chi connectivity index (χ0n) is 17.9. The first kappa shape index (κ1) is 21.7. The normalized spacial score (nSPS) is 23.1. The van der Waals surface area contributed by atoms with Gasteiger partial charge in [-0.2, -0.15) is 0 Å². The summed E-state index contributed by atoms with van der Waals surface area (Å²) in [5.74, 6) is -3.83. The number of carbonyl (C=O) groups is 3. The maximum atomic E-state index is 13.8. The predicted octanol–water partition coefficient (Wildman–Crippen LogP) is 4.86. The van der Waals surface area contributed by atoms with E-state index in [2.05, 4.69) is 9.98 Å². The van der Waals surface area contributed by atoms with Crippen molar-refractivity contribution in [1.29, 1.82) is 0 Å². The average Bonchev–Trinajstić information content (AvgIpc) is 3.45. The molecule has 172 valence electrons. The van der Waals surface area contributed by atoms with E-state index in [4.69, 9.17) is 23.2 Å². The number of aliphatic hydroxyl groups excluding tert-OH is 1. The molecule has 0 saturated carbocycles. The standard InChI is InChI=1S/C26H15Cl2N3O4/c27-12-8-9-17(15(28)11-12)31-25(34)18-19(26(31)35)22(30-21(18)16-7-3-4-10-29-16)20-23(32)13-5-1-2-6-14(13)24(20)33/h1-11,18-19,21,32H/t18-,19-,21-/m0/s1. The molecular weight excluding hydrogens is 489 g/mol. The number of hydrogen-bond acceptors (Lipinski definition) is 6. The lowest BCUT2D eigenvalue weighted by Crippen LogP contribution is -2.34. The summed E-state index contributed by atoms with van der Waals surface area (Å²) in [6, 6.07) is 15.5. The van der Waals surface area contributed by atoms with Crippen LogP contribution in [0.2, 0.25) is 10.0 Å². The van der Waals surface area contributed by atoms with Crippen LogP contribution in [0.25, 0.3) is 5.76 Å². The van der Waals surface area contributed by atoms with Crippen LogP contribution in [0, 0.1) is 11.8 Å². The molecular formula is C26H15Cl2N3O4. The van der Waals surface area contributed by atoms with Gasteiger partial charge in [0.15, 0.2) is 5.78 Å². The summed E-state index contributed by atoms with van der Waals surface area (Å²) in [5, 5.41) is 11.5. The lowest BCUT2D eigenvalue weighted by atomic mass is 9.84. The molecule has 0 unspecified atom stereocenters. The molecule has 3 heterocycles. The SMILES string of the molecule is O=C1C(C2=N[C@@H](c3ccccn3)[C@H]3C(=O)N(c4ccc(Cl)cc4Cl)C(=O)[C@H]23)=C(O)c2ccccc21. The van der Waals surface area contributed by atoms with Crippen LogP contribution < -0.4 is 4.90 Å². The number of aliphatic imine (C=N–C) groups is 1. The number of carbonyl (C=O) groups excluding carboxylic acids is 3. The zero-order chi connectivity index (χ0) is 24.4. The molecule has 2 aromatic carbocycles. The Balaban J connectivity index is 1.52. The van der Waals surface area contributed by atoms with Crippen molar-refractivity contribution >= 4 is 58.0 Å². The Kier molecular flexibility index (Phi) is 4.88. The van der Waals surface area contributed by atoms with Crippen molar-refractivity contribution in [3.05, 3.63) is 99.3 Å². The van der Waals surface area contributed by atoms with Crippen LogP contribution in [0.3, 0.4) is 0 Å². The summed E-state index contributed by atoms with van der Waals surface area (Å²) in [4.78, 5) is 50.8. The molecule has 0 spiro atoms. The highest BCUT2D eigenvalue weighted by atomic mass is 35.5. The molecule has 1 aliphatic carbocycles. The molecule has 1 saturated heterocycles. The van der Waals surface area contributed by atoms with Crippen LogP contribution in [0.1, 0.15) is 27.7 Å². The van der Waals surface area contributed by atoms with Gasteiger partial charge in [0.2, 0.25) is 11.8 Å². The Morgan fingerprint density at radius 2 is 1.63 bits per heavy atom. The summed E-state index contributed by atoms with van der Waals surface area (Å²) in [6.07, 6.45) is 1.57. The Morgan fingerprint density at radius 1 is 0.886 bits per heavy atom. The molecule has 3 aromatic rings. The van der Waals surface area contributed by atoms with Gasteiger partial charge in [0.25, 0.3) is 0 Å². The van der Waals surface area contributed by atoms with E-state index in [1.807, 2.05) is 0 Å². The van der Waals surface area contributed by atoms with E-state index >= 15 is 0 Å². The lowest BCUT2D eigenvalue weighted by molar-refractivity contribution is -0.122. The third-order valence-corrected chi connectivity index (χ3v) is 7.09. The van der Waals surface area contributed by atoms with Crippen molar-refractivity contribution < 1.29 is 19.5 Å². The van der Waals surface area contributed by atoms with Crippen molar-refractivity contribution in [3.63, 3.8) is 0 Å². The van der Waals surface area contributed by atoms with E-state index in [0.717, 1.165) is 4.90 Å². The molecule has 1 fully saturated rings. The number of aliphatic hydroxyl groups is 1. The molecule has 9 heteroatoms. The molecule has 0 radical (unpaired) electrons. The smallest absolute Gasteiger partial charge is 0.243 e. The largest absolute Gasteiger partial charge is 0.506 e. The van der Waals surface area contributed by atoms with Crippen LogP contribution in [0.5, 0.6) is 0 Å². The maximum absolute atomic E-state index is 13.8. The van der Waals surface area contributed by atoms with Gasteiger partial charge in [0, 0.05) is 22.3 Å². The number of rotatable bonds is 3. The molecule has 6 rings (SSSR count). The van der Waals surface area contributed by atoms with Crippen molar-refractivity contribution in [2.45, 2.75) is 6.04 Å². The quantitative estimate of drug-likeness (QED) is 0.514. The number of imide groups is 1. The van der Waals surface area contributed by atoms with E-state index in [0.29, 0.717) is 21.8 Å². The van der Waals surface area contributed by atoms with Gasteiger partial charge in [0.1, 0.15) is 11.8 Å². The summed E-state index contributed by atoms with van der Waals surface area (Å²) in [6.45, 7) is 0. The summed E-state index contributed by atoms with van der Waals surface area (Å²) in [5.41, 5.74) is 1.36. The third kappa shape index (κ3) is 3.08. The Hall–Kier alpha value is -3.81. The molecule has 3 atom stereocenters. The second-order valence-corrected chi connectivity index (χ2v) is 9.27. The highest BCUT2D eigenvalue weighted by Gasteiger charge is 2.60. The van der Waals surface area contributed by atoms with Crippen LogP contribution >= 0.6 is 23.2 Å². The number of fused-ring (bicyclic) bond motifs is 2. The minimum atomic E-state index is -1.09. The van der Waals surface area contributed by atoms with Gasteiger partial charge >= 0.3 is 0 Å².